The van der Waals surface area contributed by atoms with Crippen molar-refractivity contribution in [2.24, 2.45) is 0 Å². The van der Waals surface area contributed by atoms with Crippen molar-refractivity contribution in [3.63, 3.8) is 0 Å². The molecule has 0 spiro atoms. The molecule has 1 N–H and O–H groups in total. The van der Waals surface area contributed by atoms with Crippen LogP contribution in [0.1, 0.15) is 51.9 Å². The number of hydrogen-bond acceptors (Lipinski definition) is 3. The molecule has 20 heavy (non-hydrogen) atoms. The molecule has 0 aliphatic carbocycles. The standard InChI is InChI=1S/C15H25N5/c1-12(2)20-7-6-14(18-20)11-19-10-13(9-17-19)8-16-15(3,4)5/h6-7,9-10,12,16H,8,11H2,1-5H3. The number of rotatable bonds is 5. The van der Waals surface area contributed by atoms with Gasteiger partial charge < -0.3 is 5.32 Å². The van der Waals surface area contributed by atoms with Crippen molar-refractivity contribution in [1.82, 2.24) is 24.9 Å². The van der Waals surface area contributed by atoms with Gasteiger partial charge in [-0.25, -0.2) is 0 Å². The third-order valence-electron chi connectivity index (χ3n) is 3.03. The Morgan fingerprint density at radius 3 is 2.65 bits per heavy atom. The lowest BCUT2D eigenvalue weighted by atomic mass is 10.1. The van der Waals surface area contributed by atoms with Gasteiger partial charge in [0.1, 0.15) is 0 Å². The fraction of sp³-hybridized carbons (Fsp3) is 0.600. The lowest BCUT2D eigenvalue weighted by Crippen LogP contribution is -2.34. The first-order valence-electron chi connectivity index (χ1n) is 7.14. The van der Waals surface area contributed by atoms with Crippen LogP contribution in [0.15, 0.2) is 24.7 Å². The molecule has 0 aromatic carbocycles. The largest absolute Gasteiger partial charge is 0.308 e. The summed E-state index contributed by atoms with van der Waals surface area (Å²) < 4.78 is 3.91. The Balaban J connectivity index is 1.95. The molecule has 0 radical (unpaired) electrons. The monoisotopic (exact) mass is 275 g/mol. The summed E-state index contributed by atoms with van der Waals surface area (Å²) in [7, 11) is 0. The Morgan fingerprint density at radius 2 is 2.05 bits per heavy atom. The molecule has 5 nitrogen and oxygen atoms in total. The molecule has 0 saturated heterocycles. The zero-order valence-corrected chi connectivity index (χ0v) is 13.1. The third kappa shape index (κ3) is 4.20. The highest BCUT2D eigenvalue weighted by Crippen LogP contribution is 2.07. The topological polar surface area (TPSA) is 47.7 Å². The molecule has 2 heterocycles. The summed E-state index contributed by atoms with van der Waals surface area (Å²) in [5.41, 5.74) is 2.36. The van der Waals surface area contributed by atoms with Gasteiger partial charge in [0.15, 0.2) is 0 Å². The van der Waals surface area contributed by atoms with Gasteiger partial charge in [-0.15, -0.1) is 0 Å². The summed E-state index contributed by atoms with van der Waals surface area (Å²) >= 11 is 0. The molecule has 2 aromatic heterocycles. The zero-order chi connectivity index (χ0) is 14.8. The van der Waals surface area contributed by atoms with E-state index in [-0.39, 0.29) is 5.54 Å². The van der Waals surface area contributed by atoms with Crippen molar-refractivity contribution in [2.75, 3.05) is 0 Å². The van der Waals surface area contributed by atoms with Crippen LogP contribution < -0.4 is 5.32 Å². The number of aromatic nitrogens is 4. The van der Waals surface area contributed by atoms with Crippen molar-refractivity contribution in [2.45, 2.75) is 59.3 Å². The predicted molar refractivity (Wildman–Crippen MR) is 80.5 cm³/mol. The number of hydrogen-bond donors (Lipinski definition) is 1. The second-order valence-corrected chi connectivity index (χ2v) is 6.53. The highest BCUT2D eigenvalue weighted by Gasteiger charge is 2.09. The Labute approximate surface area is 121 Å². The van der Waals surface area contributed by atoms with E-state index >= 15 is 0 Å². The molecule has 2 rings (SSSR count). The first kappa shape index (κ1) is 14.8. The maximum atomic E-state index is 4.54. The molecule has 0 amide bonds. The van der Waals surface area contributed by atoms with Crippen molar-refractivity contribution in [1.29, 1.82) is 0 Å². The highest BCUT2D eigenvalue weighted by atomic mass is 15.3. The molecule has 0 unspecified atom stereocenters. The minimum Gasteiger partial charge on any atom is -0.308 e. The lowest BCUT2D eigenvalue weighted by Gasteiger charge is -2.19. The van der Waals surface area contributed by atoms with Crippen LogP contribution in [0.4, 0.5) is 0 Å². The van der Waals surface area contributed by atoms with Crippen molar-refractivity contribution in [3.05, 3.63) is 35.9 Å². The molecule has 0 atom stereocenters. The van der Waals surface area contributed by atoms with E-state index in [1.165, 1.54) is 5.56 Å². The van der Waals surface area contributed by atoms with Crippen LogP contribution in [-0.4, -0.2) is 25.1 Å². The maximum Gasteiger partial charge on any atom is 0.0849 e. The highest BCUT2D eigenvalue weighted by molar-refractivity contribution is 5.07. The van der Waals surface area contributed by atoms with Gasteiger partial charge in [-0.05, 0) is 40.7 Å². The zero-order valence-electron chi connectivity index (χ0n) is 13.1. The van der Waals surface area contributed by atoms with E-state index in [0.717, 1.165) is 18.8 Å². The Kier molecular flexibility index (Phi) is 4.28. The average Bonchev–Trinajstić information content (AvgIpc) is 2.95. The van der Waals surface area contributed by atoms with Gasteiger partial charge in [0.25, 0.3) is 0 Å². The van der Waals surface area contributed by atoms with E-state index in [1.54, 1.807) is 0 Å². The summed E-state index contributed by atoms with van der Waals surface area (Å²) in [6.45, 7) is 12.3. The number of nitrogens with one attached hydrogen (secondary N) is 1. The fourth-order valence-corrected chi connectivity index (χ4v) is 1.87. The quantitative estimate of drug-likeness (QED) is 0.912. The average molecular weight is 275 g/mol. The molecule has 0 aliphatic rings. The van der Waals surface area contributed by atoms with Gasteiger partial charge in [-0.1, -0.05) is 0 Å². The molecule has 0 fully saturated rings. The molecule has 0 bridgehead atoms. The molecule has 0 saturated carbocycles. The number of nitrogens with zero attached hydrogens (tertiary/aromatic N) is 4. The molecule has 0 aliphatic heterocycles. The molecular formula is C15H25N5. The first-order valence-corrected chi connectivity index (χ1v) is 7.14. The molecule has 5 heteroatoms. The third-order valence-corrected chi connectivity index (χ3v) is 3.03. The Bertz CT molecular complexity index is 545. The Hall–Kier alpha value is -1.62. The SMILES string of the molecule is CC(C)n1ccc(Cn2cc(CNC(C)(C)C)cn2)n1. The van der Waals surface area contributed by atoms with Crippen LogP contribution in [0.25, 0.3) is 0 Å². The predicted octanol–water partition coefficient (Wildman–Crippen LogP) is 2.60. The van der Waals surface area contributed by atoms with Crippen LogP contribution in [0, 0.1) is 0 Å². The maximum absolute atomic E-state index is 4.54. The van der Waals surface area contributed by atoms with Crippen LogP contribution in [0.2, 0.25) is 0 Å². The van der Waals surface area contributed by atoms with Crippen LogP contribution in [-0.2, 0) is 13.1 Å². The van der Waals surface area contributed by atoms with Crippen molar-refractivity contribution < 1.29 is 0 Å². The summed E-state index contributed by atoms with van der Waals surface area (Å²) in [5, 5.41) is 12.4. The molecule has 2 aromatic rings. The minimum atomic E-state index is 0.123. The van der Waals surface area contributed by atoms with Gasteiger partial charge >= 0.3 is 0 Å². The normalized spacial score (nSPS) is 12.3. The van der Waals surface area contributed by atoms with Crippen LogP contribution >= 0.6 is 0 Å². The summed E-state index contributed by atoms with van der Waals surface area (Å²) in [4.78, 5) is 0. The van der Waals surface area contributed by atoms with Gasteiger partial charge in [0.2, 0.25) is 0 Å². The second-order valence-electron chi connectivity index (χ2n) is 6.53. The first-order chi connectivity index (χ1) is 9.33. The van der Waals surface area contributed by atoms with Gasteiger partial charge in [-0.2, -0.15) is 10.2 Å². The van der Waals surface area contributed by atoms with Gasteiger partial charge in [0.05, 0.1) is 18.4 Å². The van der Waals surface area contributed by atoms with Gasteiger partial charge in [0, 0.05) is 36.1 Å². The molecular weight excluding hydrogens is 250 g/mol. The van der Waals surface area contributed by atoms with Crippen LogP contribution in [0.3, 0.4) is 0 Å². The van der Waals surface area contributed by atoms with Crippen molar-refractivity contribution >= 4 is 0 Å². The lowest BCUT2D eigenvalue weighted by molar-refractivity contribution is 0.424. The van der Waals surface area contributed by atoms with E-state index in [2.05, 4.69) is 62.4 Å². The van der Waals surface area contributed by atoms with E-state index in [1.807, 2.05) is 21.8 Å². The van der Waals surface area contributed by atoms with E-state index < -0.39 is 0 Å². The van der Waals surface area contributed by atoms with Crippen molar-refractivity contribution in [3.8, 4) is 0 Å². The summed E-state index contributed by atoms with van der Waals surface area (Å²) in [6, 6.07) is 2.45. The Morgan fingerprint density at radius 1 is 1.30 bits per heavy atom. The van der Waals surface area contributed by atoms with E-state index in [9.17, 15) is 0 Å². The van der Waals surface area contributed by atoms with E-state index in [0.29, 0.717) is 6.04 Å². The van der Waals surface area contributed by atoms with Crippen LogP contribution in [0.5, 0.6) is 0 Å². The molecule has 110 valence electrons. The van der Waals surface area contributed by atoms with E-state index in [4.69, 9.17) is 0 Å². The summed E-state index contributed by atoms with van der Waals surface area (Å²) in [6.07, 6.45) is 6.01. The smallest absolute Gasteiger partial charge is 0.0849 e. The minimum absolute atomic E-state index is 0.123. The fourth-order valence-electron chi connectivity index (χ4n) is 1.87. The second kappa shape index (κ2) is 5.79. The summed E-state index contributed by atoms with van der Waals surface area (Å²) in [5.74, 6) is 0. The van der Waals surface area contributed by atoms with Gasteiger partial charge in [-0.3, -0.25) is 9.36 Å².